The van der Waals surface area contributed by atoms with Crippen LogP contribution in [0.2, 0.25) is 0 Å². The molecule has 2 atom stereocenters. The highest BCUT2D eigenvalue weighted by Crippen LogP contribution is 2.52. The number of hydroxylamine groups is 2. The SMILES string of the molecule is COCCN1C(=CC2=C(O)C(=CC3=[N+](CCCC(=O)ON4C(=O)CCC4=O)c4ccc(S(=O)(=O)O)cc4C3(C)CCCS(=O)(=O)O)C2=O)C(C)(CCCS(=O)(=O)O)c2cc(S(=O)(=O)O)ccc21. The summed E-state index contributed by atoms with van der Waals surface area (Å²) in [5.74, 6) is -5.09. The van der Waals surface area contributed by atoms with Gasteiger partial charge in [-0.1, -0.05) is 0 Å². The van der Waals surface area contributed by atoms with Crippen molar-refractivity contribution >= 4 is 81.1 Å². The van der Waals surface area contributed by atoms with Crippen molar-refractivity contribution in [2.45, 2.75) is 85.8 Å². The van der Waals surface area contributed by atoms with Crippen LogP contribution in [0.1, 0.15) is 76.3 Å². The number of allylic oxidation sites excluding steroid dienone is 5. The molecule has 0 radical (unpaired) electrons. The van der Waals surface area contributed by atoms with Crippen molar-refractivity contribution < 1.29 is 90.3 Å². The summed E-state index contributed by atoms with van der Waals surface area (Å²) in [7, 11) is -17.1. The van der Waals surface area contributed by atoms with Gasteiger partial charge in [-0.05, 0) is 81.5 Å². The molecule has 0 aromatic heterocycles. The van der Waals surface area contributed by atoms with Crippen LogP contribution in [0.4, 0.5) is 11.4 Å². The Hall–Kier alpha value is -5.19. The minimum Gasteiger partial charge on any atom is -0.506 e. The van der Waals surface area contributed by atoms with Gasteiger partial charge < -0.3 is 19.6 Å². The fraction of sp³-hybridized carbons (Fsp3) is 0.439. The van der Waals surface area contributed by atoms with Crippen LogP contribution in [0.3, 0.4) is 0 Å². The number of fused-ring (bicyclic) bond motifs is 2. The Morgan fingerprint density at radius 2 is 1.33 bits per heavy atom. The standard InChI is InChI=1S/C41H47N3O19S4/c1-40(14-5-19-64(50,51)52)29-21-25(66(56,57)58)8-10-31(29)42(16-4-7-37(47)63-44-35(45)12-13-36(44)46)33(40)23-27-38(48)28(39(27)49)24-34-41(2,15-6-20-65(53,54)55)30-22-26(67(59,60)61)9-11-32(30)43(34)17-18-62-3/h8-11,21-24H,4-7,12-20H2,1-3H3,(H4-,48,49,50,51,52,53,54,55,56,57,58,59,60,61)/p+1. The number of ketones is 1. The molecular weight excluding hydrogens is 967 g/mol. The highest BCUT2D eigenvalue weighted by molar-refractivity contribution is 7.86. The van der Waals surface area contributed by atoms with Crippen molar-refractivity contribution in [3.05, 3.63) is 82.3 Å². The highest BCUT2D eigenvalue weighted by Gasteiger charge is 2.51. The maximum absolute atomic E-state index is 14.4. The summed E-state index contributed by atoms with van der Waals surface area (Å²) in [6.45, 7) is 3.27. The zero-order valence-corrected chi connectivity index (χ0v) is 39.5. The fourth-order valence-corrected chi connectivity index (χ4v) is 10.9. The number of ether oxygens (including phenoxy) is 1. The zero-order chi connectivity index (χ0) is 49.7. The quantitative estimate of drug-likeness (QED) is 0.0551. The third-order valence-corrected chi connectivity index (χ3v) is 15.5. The topological polar surface area (TPSA) is 334 Å². The zero-order valence-electron chi connectivity index (χ0n) is 36.2. The third kappa shape index (κ3) is 10.8. The molecule has 1 fully saturated rings. The van der Waals surface area contributed by atoms with Gasteiger partial charge in [-0.15, -0.1) is 5.06 Å². The lowest BCUT2D eigenvalue weighted by Gasteiger charge is -2.32. The molecule has 4 aliphatic rings. The predicted molar refractivity (Wildman–Crippen MR) is 235 cm³/mol. The second-order valence-corrected chi connectivity index (χ2v) is 22.7. The van der Waals surface area contributed by atoms with Gasteiger partial charge in [0.25, 0.3) is 52.3 Å². The van der Waals surface area contributed by atoms with Crippen LogP contribution in [-0.4, -0.2) is 134 Å². The van der Waals surface area contributed by atoms with E-state index in [1.54, 1.807) is 23.3 Å². The Morgan fingerprint density at radius 3 is 1.87 bits per heavy atom. The minimum atomic E-state index is -4.82. The first kappa shape index (κ1) is 51.2. The highest BCUT2D eigenvalue weighted by atomic mass is 32.2. The van der Waals surface area contributed by atoms with Crippen molar-refractivity contribution in [3.63, 3.8) is 0 Å². The van der Waals surface area contributed by atoms with Crippen molar-refractivity contribution in [2.75, 3.05) is 43.2 Å². The molecule has 1 saturated heterocycles. The molecule has 2 aromatic rings. The second kappa shape index (κ2) is 18.7. The predicted octanol–water partition coefficient (Wildman–Crippen LogP) is 2.89. The number of anilines is 1. The minimum absolute atomic E-state index is 0.0528. The van der Waals surface area contributed by atoms with Crippen LogP contribution in [-0.2, 0) is 80.1 Å². The molecule has 5 N–H and O–H groups in total. The normalized spacial score (nSPS) is 22.3. The third-order valence-electron chi connectivity index (χ3n) is 12.2. The number of rotatable bonds is 20. The summed E-state index contributed by atoms with van der Waals surface area (Å²) >= 11 is 0. The second-order valence-electron chi connectivity index (χ2n) is 16.8. The first-order chi connectivity index (χ1) is 31.0. The van der Waals surface area contributed by atoms with Gasteiger partial charge in [0, 0.05) is 67.4 Å². The summed E-state index contributed by atoms with van der Waals surface area (Å²) < 4.78 is 143. The van der Waals surface area contributed by atoms with E-state index >= 15 is 0 Å². The maximum Gasteiger partial charge on any atom is 0.333 e. The number of carbonyl (C=O) groups excluding carboxylic acids is 4. The van der Waals surface area contributed by atoms with Gasteiger partial charge >= 0.3 is 5.97 Å². The first-order valence-electron chi connectivity index (χ1n) is 20.5. The van der Waals surface area contributed by atoms with Gasteiger partial charge in [0.15, 0.2) is 5.71 Å². The monoisotopic (exact) mass is 1010 g/mol. The van der Waals surface area contributed by atoms with Crippen LogP contribution in [0.15, 0.2) is 80.9 Å². The number of nitrogens with zero attached hydrogens (tertiary/aromatic N) is 3. The van der Waals surface area contributed by atoms with Gasteiger partial charge in [0.2, 0.25) is 11.5 Å². The molecule has 2 aromatic carbocycles. The van der Waals surface area contributed by atoms with Gasteiger partial charge in [0.05, 0.1) is 50.9 Å². The number of methoxy groups -OCH3 is 1. The summed E-state index contributed by atoms with van der Waals surface area (Å²) in [6.07, 6.45) is 1.33. The molecular formula is C41H48N3O19S4+. The summed E-state index contributed by atoms with van der Waals surface area (Å²) in [4.78, 5) is 56.9. The van der Waals surface area contributed by atoms with Gasteiger partial charge in [-0.2, -0.15) is 38.2 Å². The molecule has 0 spiro atoms. The molecule has 26 heteroatoms. The van der Waals surface area contributed by atoms with Crippen LogP contribution >= 0.6 is 0 Å². The average Bonchev–Trinajstić information content (AvgIpc) is 3.75. The number of amides is 2. The van der Waals surface area contributed by atoms with Crippen LogP contribution < -0.4 is 4.90 Å². The van der Waals surface area contributed by atoms with Crippen molar-refractivity contribution in [2.24, 2.45) is 0 Å². The van der Waals surface area contributed by atoms with E-state index in [-0.39, 0.29) is 105 Å². The van der Waals surface area contributed by atoms with Crippen molar-refractivity contribution in [3.8, 4) is 0 Å². The Bertz CT molecular complexity index is 3030. The number of hydrogen-bond donors (Lipinski definition) is 5. The number of imide groups is 1. The molecule has 1 aliphatic carbocycles. The maximum atomic E-state index is 14.4. The van der Waals surface area contributed by atoms with E-state index in [4.69, 9.17) is 9.57 Å². The molecule has 6 rings (SSSR count). The number of benzene rings is 2. The smallest absolute Gasteiger partial charge is 0.333 e. The lowest BCUT2D eigenvalue weighted by Crippen LogP contribution is -2.35. The van der Waals surface area contributed by atoms with Crippen molar-refractivity contribution in [1.29, 1.82) is 0 Å². The Kier molecular flexibility index (Phi) is 14.3. The molecule has 2 unspecified atom stereocenters. The lowest BCUT2D eigenvalue weighted by atomic mass is 9.73. The van der Waals surface area contributed by atoms with Gasteiger partial charge in [0.1, 0.15) is 12.3 Å². The van der Waals surface area contributed by atoms with Crippen LogP contribution in [0.5, 0.6) is 0 Å². The Labute approximate surface area is 386 Å². The van der Waals surface area contributed by atoms with Crippen LogP contribution in [0.25, 0.3) is 0 Å². The van der Waals surface area contributed by atoms with Crippen molar-refractivity contribution in [1.82, 2.24) is 5.06 Å². The molecule has 0 bridgehead atoms. The lowest BCUT2D eigenvalue weighted by molar-refractivity contribution is -0.438. The summed E-state index contributed by atoms with van der Waals surface area (Å²) in [5.41, 5.74) is -1.67. The molecule has 22 nitrogen and oxygen atoms in total. The molecule has 0 saturated carbocycles. The number of Topliss-reactive ketones (excluding diaryl/α,β-unsaturated/α-hetero) is 1. The summed E-state index contributed by atoms with van der Waals surface area (Å²) in [5, 5.41) is 12.2. The van der Waals surface area contributed by atoms with E-state index in [1.165, 1.54) is 37.5 Å². The van der Waals surface area contributed by atoms with Crippen LogP contribution in [0, 0.1) is 0 Å². The van der Waals surface area contributed by atoms with E-state index in [1.807, 2.05) is 0 Å². The molecule has 67 heavy (non-hydrogen) atoms. The average molecular weight is 1020 g/mol. The Balaban J connectivity index is 1.48. The van der Waals surface area contributed by atoms with E-state index in [9.17, 15) is 76.2 Å². The number of aliphatic hydroxyl groups is 1. The number of hydrogen-bond acceptors (Lipinski definition) is 16. The van der Waals surface area contributed by atoms with Gasteiger partial charge in [-0.3, -0.25) is 32.6 Å². The molecule has 3 aliphatic heterocycles. The number of carbonyl (C=O) groups is 4. The van der Waals surface area contributed by atoms with E-state index in [2.05, 4.69) is 0 Å². The molecule has 364 valence electrons. The van der Waals surface area contributed by atoms with E-state index in [0.29, 0.717) is 16.3 Å². The van der Waals surface area contributed by atoms with E-state index in [0.717, 1.165) is 18.2 Å². The van der Waals surface area contributed by atoms with E-state index < -0.39 is 102 Å². The summed E-state index contributed by atoms with van der Waals surface area (Å²) in [6, 6.07) is 7.32. The first-order valence-corrected chi connectivity index (χ1v) is 26.6. The number of aliphatic hydroxyl groups excluding tert-OH is 1. The fourth-order valence-electron chi connectivity index (χ4n) is 8.89. The largest absolute Gasteiger partial charge is 0.506 e. The van der Waals surface area contributed by atoms with Gasteiger partial charge in [-0.25, -0.2) is 4.79 Å². The molecule has 2 amide bonds. The molecule has 3 heterocycles. The Morgan fingerprint density at radius 1 is 0.776 bits per heavy atom.